The van der Waals surface area contributed by atoms with Crippen LogP contribution >= 0.6 is 0 Å². The van der Waals surface area contributed by atoms with Crippen molar-refractivity contribution in [2.75, 3.05) is 14.2 Å². The minimum absolute atomic E-state index is 0.0754. The molecule has 0 unspecified atom stereocenters. The van der Waals surface area contributed by atoms with E-state index < -0.39 is 113 Å². The molecule has 11 atom stereocenters. The lowest BCUT2D eigenvalue weighted by Gasteiger charge is -2.54. The van der Waals surface area contributed by atoms with Crippen LogP contribution < -0.4 is 0 Å². The number of aliphatic hydroxyl groups is 5. The number of ether oxygens (including phenoxy) is 7. The van der Waals surface area contributed by atoms with Crippen LogP contribution in [0.15, 0.2) is 35.5 Å². The van der Waals surface area contributed by atoms with Gasteiger partial charge in [-0.3, -0.25) is 9.59 Å². The highest BCUT2D eigenvalue weighted by Gasteiger charge is 2.59. The van der Waals surface area contributed by atoms with Crippen molar-refractivity contribution in [2.24, 2.45) is 16.2 Å². The number of hydrogen-bond acceptors (Lipinski definition) is 16. The second-order valence-electron chi connectivity index (χ2n) is 18.3. The average Bonchev–Trinajstić information content (AvgIpc) is 3.10. The number of carbonyl (C=O) groups excluding carboxylic acids is 4. The van der Waals surface area contributed by atoms with Crippen LogP contribution in [0.5, 0.6) is 0 Å². The van der Waals surface area contributed by atoms with Crippen molar-refractivity contribution < 1.29 is 77.9 Å². The fraction of sp³-hybridized carbons (Fsp3) is 0.762. The third kappa shape index (κ3) is 10.9. The fourth-order valence-electron chi connectivity index (χ4n) is 7.92. The first kappa shape index (κ1) is 47.5. The monoisotopic (exact) mass is 824 g/mol. The number of aliphatic hydroxyl groups excluding tert-OH is 3. The van der Waals surface area contributed by atoms with Gasteiger partial charge in [0.05, 0.1) is 68.1 Å². The maximum atomic E-state index is 13.3. The van der Waals surface area contributed by atoms with Crippen molar-refractivity contribution in [1.29, 1.82) is 0 Å². The molecule has 3 fully saturated rings. The van der Waals surface area contributed by atoms with Gasteiger partial charge < -0.3 is 58.7 Å². The Morgan fingerprint density at radius 2 is 1.52 bits per heavy atom. The van der Waals surface area contributed by atoms with E-state index in [0.717, 1.165) is 13.2 Å². The molecular formula is C42H64O16. The first-order valence-electron chi connectivity index (χ1n) is 19.9. The molecule has 0 aromatic rings. The summed E-state index contributed by atoms with van der Waals surface area (Å²) >= 11 is 0. The van der Waals surface area contributed by atoms with Crippen molar-refractivity contribution in [1.82, 2.24) is 0 Å². The van der Waals surface area contributed by atoms with Gasteiger partial charge >= 0.3 is 23.9 Å². The number of methoxy groups -OCH3 is 2. The third-order valence-electron chi connectivity index (χ3n) is 11.8. The summed E-state index contributed by atoms with van der Waals surface area (Å²) in [5, 5.41) is 58.4. The molecule has 0 radical (unpaired) electrons. The maximum absolute atomic E-state index is 13.3. The summed E-state index contributed by atoms with van der Waals surface area (Å²) in [6.45, 7) is 13.1. The average molecular weight is 825 g/mol. The van der Waals surface area contributed by atoms with Gasteiger partial charge in [0.1, 0.15) is 18.3 Å². The van der Waals surface area contributed by atoms with Gasteiger partial charge in [0.2, 0.25) is 5.79 Å². The zero-order chi connectivity index (χ0) is 43.6. The molecule has 0 aliphatic carbocycles. The summed E-state index contributed by atoms with van der Waals surface area (Å²) in [7, 11) is 2.41. The summed E-state index contributed by atoms with van der Waals surface area (Å²) < 4.78 is 40.6. The van der Waals surface area contributed by atoms with Gasteiger partial charge in [0, 0.05) is 43.3 Å². The van der Waals surface area contributed by atoms with E-state index in [1.165, 1.54) is 20.1 Å². The van der Waals surface area contributed by atoms with Crippen molar-refractivity contribution in [3.8, 4) is 0 Å². The SMILES string of the molecule is COC(=O)/C=C1/C[C@H]2C[C@]3(O)O[C@H](C[C@@H](O)CC(=O)O[C@@H]([C@@H](C)O)C[C@@H]4C/C(=C\C(=O)OC)[C@H](O)[C@@](O)(O4)C(C)(C)/C=C\[C@@H](C1)O2)C[C@H](OC(=O)C(C)(C)C)C3(C)C. The number of carbonyl (C=O) groups is 4. The molecule has 4 heterocycles. The van der Waals surface area contributed by atoms with Crippen molar-refractivity contribution in [3.05, 3.63) is 35.5 Å². The molecule has 0 aromatic carbocycles. The summed E-state index contributed by atoms with van der Waals surface area (Å²) in [5.74, 6) is -7.23. The van der Waals surface area contributed by atoms with Gasteiger partial charge in [-0.25, -0.2) is 9.59 Å². The molecule has 5 N–H and O–H groups in total. The molecule has 3 saturated heterocycles. The standard InChI is InChI=1S/C42H64O16/c1-23(43)31-20-28-16-25(17-34(46)53-10)36(48)42(51,58-28)39(5,6)12-11-27-13-24(15-33(45)52-9)14-30(54-27)22-41(50)40(7,8)32(56-37(49)38(2,3)4)21-29(57-41)18-26(44)19-35(47)55-31/h11-12,15,17,23,26-32,36,43-44,48,50-51H,13-14,16,18-22H2,1-10H3/b12-11-,24-15+,25-17+/t23-,26-,27+,28+,29-,30+,31-,32+,36+,41+,42-/m1/s1. The van der Waals surface area contributed by atoms with E-state index in [1.54, 1.807) is 60.6 Å². The minimum Gasteiger partial charge on any atom is -0.466 e. The van der Waals surface area contributed by atoms with Crippen LogP contribution in [-0.4, -0.2) is 130 Å². The predicted octanol–water partition coefficient (Wildman–Crippen LogP) is 2.84. The molecule has 16 heteroatoms. The molecule has 0 spiro atoms. The molecule has 6 bridgehead atoms. The Morgan fingerprint density at radius 3 is 2.12 bits per heavy atom. The quantitative estimate of drug-likeness (QED) is 0.119. The van der Waals surface area contributed by atoms with Crippen LogP contribution in [-0.2, 0) is 52.3 Å². The van der Waals surface area contributed by atoms with Gasteiger partial charge in [-0.1, -0.05) is 45.4 Å². The zero-order valence-corrected chi connectivity index (χ0v) is 35.4. The Bertz CT molecular complexity index is 1610. The van der Waals surface area contributed by atoms with E-state index in [2.05, 4.69) is 0 Å². The van der Waals surface area contributed by atoms with Gasteiger partial charge in [-0.2, -0.15) is 0 Å². The Balaban J connectivity index is 1.84. The molecular weight excluding hydrogens is 760 g/mol. The minimum atomic E-state index is -2.40. The normalized spacial score (nSPS) is 38.4. The van der Waals surface area contributed by atoms with Crippen LogP contribution in [0.4, 0.5) is 0 Å². The van der Waals surface area contributed by atoms with Crippen molar-refractivity contribution in [3.63, 3.8) is 0 Å². The first-order valence-corrected chi connectivity index (χ1v) is 19.9. The van der Waals surface area contributed by atoms with E-state index in [1.807, 2.05) is 0 Å². The van der Waals surface area contributed by atoms with Gasteiger partial charge in [0.25, 0.3) is 0 Å². The van der Waals surface area contributed by atoms with Gasteiger partial charge in [-0.05, 0) is 52.5 Å². The molecule has 0 aromatic heterocycles. The van der Waals surface area contributed by atoms with Crippen molar-refractivity contribution >= 4 is 23.9 Å². The second kappa shape index (κ2) is 18.2. The van der Waals surface area contributed by atoms with E-state index in [0.29, 0.717) is 5.57 Å². The molecule has 0 amide bonds. The highest BCUT2D eigenvalue weighted by atomic mass is 16.7. The number of fused-ring (bicyclic) bond motifs is 6. The molecule has 4 aliphatic heterocycles. The van der Waals surface area contributed by atoms with E-state index in [9.17, 15) is 44.7 Å². The first-order chi connectivity index (χ1) is 26.7. The van der Waals surface area contributed by atoms with Crippen LogP contribution in [0.2, 0.25) is 0 Å². The van der Waals surface area contributed by atoms with Crippen LogP contribution in [0.1, 0.15) is 107 Å². The van der Waals surface area contributed by atoms with E-state index >= 15 is 0 Å². The highest BCUT2D eigenvalue weighted by molar-refractivity contribution is 5.83. The molecule has 4 rings (SSSR count). The number of rotatable bonds is 4. The Kier molecular flexibility index (Phi) is 14.9. The summed E-state index contributed by atoms with van der Waals surface area (Å²) in [6.07, 6.45) is -5.04. The summed E-state index contributed by atoms with van der Waals surface area (Å²) in [4.78, 5) is 51.5. The highest BCUT2D eigenvalue weighted by Crippen LogP contribution is 2.50. The van der Waals surface area contributed by atoms with E-state index in [4.69, 9.17) is 33.2 Å². The number of hydrogen-bond donors (Lipinski definition) is 5. The second-order valence-corrected chi connectivity index (χ2v) is 18.3. The van der Waals surface area contributed by atoms with Crippen LogP contribution in [0.25, 0.3) is 0 Å². The number of cyclic esters (lactones) is 1. The maximum Gasteiger partial charge on any atom is 0.330 e. The largest absolute Gasteiger partial charge is 0.466 e. The Labute approximate surface area is 340 Å². The molecule has 0 saturated carbocycles. The predicted molar refractivity (Wildman–Crippen MR) is 205 cm³/mol. The van der Waals surface area contributed by atoms with E-state index in [-0.39, 0.29) is 50.5 Å². The summed E-state index contributed by atoms with van der Waals surface area (Å²) in [6, 6.07) is 0. The summed E-state index contributed by atoms with van der Waals surface area (Å²) in [5.41, 5.74) is -2.87. The smallest absolute Gasteiger partial charge is 0.330 e. The molecule has 58 heavy (non-hydrogen) atoms. The lowest BCUT2D eigenvalue weighted by molar-refractivity contribution is -0.349. The topological polar surface area (TPSA) is 234 Å². The Hall–Kier alpha value is -3.22. The lowest BCUT2D eigenvalue weighted by atomic mass is 9.70. The molecule has 328 valence electrons. The van der Waals surface area contributed by atoms with Crippen molar-refractivity contribution in [2.45, 2.75) is 173 Å². The molecule has 16 nitrogen and oxygen atoms in total. The Morgan fingerprint density at radius 1 is 0.879 bits per heavy atom. The zero-order valence-electron chi connectivity index (χ0n) is 35.4. The van der Waals surface area contributed by atoms with Crippen LogP contribution in [0, 0.1) is 16.2 Å². The number of esters is 4. The van der Waals surface area contributed by atoms with Crippen LogP contribution in [0.3, 0.4) is 0 Å². The molecule has 4 aliphatic rings. The van der Waals surface area contributed by atoms with Gasteiger partial charge in [-0.15, -0.1) is 0 Å². The third-order valence-corrected chi connectivity index (χ3v) is 11.8. The lowest BCUT2D eigenvalue weighted by Crippen LogP contribution is -2.62. The van der Waals surface area contributed by atoms with Gasteiger partial charge in [0.15, 0.2) is 5.79 Å². The fourth-order valence-corrected chi connectivity index (χ4v) is 7.92.